The zero-order valence-corrected chi connectivity index (χ0v) is 19.8. The normalized spacial score (nSPS) is 14.2. The van der Waals surface area contributed by atoms with Gasteiger partial charge in [0.1, 0.15) is 5.70 Å². The Morgan fingerprint density at radius 3 is 2.00 bits per heavy atom. The second-order valence-corrected chi connectivity index (χ2v) is 7.29. The van der Waals surface area contributed by atoms with E-state index in [1.54, 1.807) is 26.0 Å². The third-order valence-electron chi connectivity index (χ3n) is 4.66. The summed E-state index contributed by atoms with van der Waals surface area (Å²) in [4.78, 5) is 25.9. The van der Waals surface area contributed by atoms with Crippen molar-refractivity contribution in [2.75, 3.05) is 7.11 Å². The summed E-state index contributed by atoms with van der Waals surface area (Å²) in [5, 5.41) is 0. The van der Waals surface area contributed by atoms with E-state index in [0.29, 0.717) is 17.1 Å². The first-order chi connectivity index (χ1) is 14.8. The molecular weight excluding hydrogens is 435 g/mol. The molecule has 1 rings (SSSR count). The number of carbonyl (C=O) groups is 2. The van der Waals surface area contributed by atoms with Crippen LogP contribution in [0.5, 0.6) is 0 Å². The number of Topliss-reactive ketones (excluding diaryl/α,β-unsaturated/α-hetero) is 1. The fourth-order valence-electron chi connectivity index (χ4n) is 2.35. The second-order valence-electron chi connectivity index (χ2n) is 7.29. The molecule has 0 aliphatic carbocycles. The molecule has 0 amide bonds. The minimum absolute atomic E-state index is 0. The summed E-state index contributed by atoms with van der Waals surface area (Å²) in [6.45, 7) is 11.5. The fourth-order valence-corrected chi connectivity index (χ4v) is 2.35. The van der Waals surface area contributed by atoms with Crippen LogP contribution in [0.15, 0.2) is 57.5 Å². The number of carbonyl (C=O) groups excluding carboxylic acids is 2. The van der Waals surface area contributed by atoms with E-state index in [0.717, 1.165) is 6.08 Å². The van der Waals surface area contributed by atoms with Gasteiger partial charge in [-0.1, -0.05) is 40.3 Å². The molecule has 0 saturated carbocycles. The van der Waals surface area contributed by atoms with Gasteiger partial charge >= 0.3 is 12.1 Å². The van der Waals surface area contributed by atoms with Crippen LogP contribution in [0.3, 0.4) is 0 Å². The maximum atomic E-state index is 13.4. The van der Waals surface area contributed by atoms with Crippen LogP contribution in [0, 0.1) is 11.8 Å². The molecule has 1 aromatic rings. The number of halogens is 3. The molecule has 0 spiro atoms. The van der Waals surface area contributed by atoms with E-state index >= 15 is 0 Å². The lowest BCUT2D eigenvalue weighted by atomic mass is 9.99. The first-order valence-electron chi connectivity index (χ1n) is 10.1. The maximum absolute atomic E-state index is 13.4. The predicted molar refractivity (Wildman–Crippen MR) is 127 cm³/mol. The second kappa shape index (κ2) is 15.0. The van der Waals surface area contributed by atoms with Crippen LogP contribution in [0.25, 0.3) is 5.57 Å². The van der Waals surface area contributed by atoms with Crippen molar-refractivity contribution in [2.45, 2.75) is 62.1 Å². The molecule has 1 unspecified atom stereocenters. The highest BCUT2D eigenvalue weighted by molar-refractivity contribution is 6.05. The summed E-state index contributed by atoms with van der Waals surface area (Å²) in [7, 11) is 1.42. The van der Waals surface area contributed by atoms with Crippen molar-refractivity contribution in [3.63, 3.8) is 0 Å². The number of rotatable bonds is 7. The van der Waals surface area contributed by atoms with Crippen LogP contribution in [-0.4, -0.2) is 30.8 Å². The molecule has 186 valence electrons. The first-order valence-corrected chi connectivity index (χ1v) is 10.1. The van der Waals surface area contributed by atoms with E-state index in [4.69, 9.17) is 4.42 Å². The highest BCUT2D eigenvalue weighted by atomic mass is 19.4. The number of methoxy groups -OCH3 is 1. The fraction of sp³-hybridized carbons (Fsp3) is 0.480. The van der Waals surface area contributed by atoms with Crippen LogP contribution in [0.2, 0.25) is 0 Å². The van der Waals surface area contributed by atoms with Crippen molar-refractivity contribution >= 4 is 23.0 Å². The number of aliphatic imine (C=N–C) groups is 1. The summed E-state index contributed by atoms with van der Waals surface area (Å²) >= 11 is 0. The van der Waals surface area contributed by atoms with Gasteiger partial charge < -0.3 is 9.15 Å². The van der Waals surface area contributed by atoms with Gasteiger partial charge in [0.25, 0.3) is 0 Å². The molecule has 33 heavy (non-hydrogen) atoms. The van der Waals surface area contributed by atoms with Crippen molar-refractivity contribution in [2.24, 2.45) is 16.8 Å². The lowest BCUT2D eigenvalue weighted by Gasteiger charge is -2.13. The zero-order chi connectivity index (χ0) is 25.1. The van der Waals surface area contributed by atoms with Gasteiger partial charge in [-0.25, -0.2) is 4.99 Å². The van der Waals surface area contributed by atoms with Gasteiger partial charge in [0.2, 0.25) is 0 Å². The average Bonchev–Trinajstić information content (AvgIpc) is 3.25. The van der Waals surface area contributed by atoms with Crippen LogP contribution in [0.1, 0.15) is 61.5 Å². The average molecular weight is 472 g/mol. The lowest BCUT2D eigenvalue weighted by Crippen LogP contribution is -2.19. The van der Waals surface area contributed by atoms with Gasteiger partial charge in [0.15, 0.2) is 5.78 Å². The SMILES string of the molecule is C.COC(=O)C(C)C(C)C.C\C=C(/N=C(C)/C(=C\C(=C/C)c1ccoc1)C(F)(F)F)C(C)=O. The number of esters is 1. The molecule has 0 N–H and O–H groups in total. The minimum Gasteiger partial charge on any atom is -0.472 e. The van der Waals surface area contributed by atoms with Gasteiger partial charge in [0.05, 0.1) is 36.8 Å². The van der Waals surface area contributed by atoms with E-state index in [1.165, 1.54) is 39.6 Å². The molecule has 0 aliphatic rings. The number of furan rings is 1. The van der Waals surface area contributed by atoms with E-state index in [-0.39, 0.29) is 30.7 Å². The standard InChI is InChI=1S/C17H18F3NO2.C7H14O2.CH4/c1-5-13(14-7-8-23-10-14)9-15(17(18,19)20)11(3)21-16(6-2)12(4)22;1-5(2)6(3)7(8)9-4;/h5-10H,1-4H3;5-6H,1-4H3;1H4/b13-5+,15-9+,16-6-,21-11+;;. The van der Waals surface area contributed by atoms with Gasteiger partial charge in [-0.3, -0.25) is 9.59 Å². The molecule has 0 radical (unpaired) electrons. The number of alkyl halides is 3. The van der Waals surface area contributed by atoms with Gasteiger partial charge in [-0.05, 0) is 44.4 Å². The molecule has 0 aromatic carbocycles. The third kappa shape index (κ3) is 11.0. The lowest BCUT2D eigenvalue weighted by molar-refractivity contribution is -0.146. The van der Waals surface area contributed by atoms with Crippen molar-refractivity contribution in [3.8, 4) is 0 Å². The van der Waals surface area contributed by atoms with E-state index in [1.807, 2.05) is 20.8 Å². The summed E-state index contributed by atoms with van der Waals surface area (Å²) in [6.07, 6.45) is 2.07. The molecule has 0 bridgehead atoms. The van der Waals surface area contributed by atoms with Crippen molar-refractivity contribution < 1.29 is 31.9 Å². The Morgan fingerprint density at radius 1 is 1.12 bits per heavy atom. The van der Waals surface area contributed by atoms with Crippen molar-refractivity contribution in [1.29, 1.82) is 0 Å². The van der Waals surface area contributed by atoms with Crippen molar-refractivity contribution in [3.05, 3.63) is 53.7 Å². The molecule has 8 heteroatoms. The molecule has 0 saturated heterocycles. The number of hydrogen-bond acceptors (Lipinski definition) is 5. The van der Waals surface area contributed by atoms with Crippen LogP contribution in [0.4, 0.5) is 13.2 Å². The van der Waals surface area contributed by atoms with Gasteiger partial charge in [-0.15, -0.1) is 0 Å². The third-order valence-corrected chi connectivity index (χ3v) is 4.66. The van der Waals surface area contributed by atoms with Gasteiger partial charge in [-0.2, -0.15) is 13.2 Å². The molecule has 1 heterocycles. The van der Waals surface area contributed by atoms with Crippen LogP contribution >= 0.6 is 0 Å². The largest absolute Gasteiger partial charge is 0.472 e. The van der Waals surface area contributed by atoms with Crippen molar-refractivity contribution in [1.82, 2.24) is 0 Å². The Bertz CT molecular complexity index is 874. The molecule has 0 aliphatic heterocycles. The number of ketones is 1. The summed E-state index contributed by atoms with van der Waals surface area (Å²) in [5.74, 6) is -0.119. The zero-order valence-electron chi connectivity index (χ0n) is 19.8. The van der Waals surface area contributed by atoms with E-state index in [9.17, 15) is 22.8 Å². The molecular formula is C25H36F3NO4. The summed E-state index contributed by atoms with van der Waals surface area (Å²) in [5.41, 5.74) is -0.315. The van der Waals surface area contributed by atoms with Crippen LogP contribution in [-0.2, 0) is 14.3 Å². The summed E-state index contributed by atoms with van der Waals surface area (Å²) < 4.78 is 49.5. The highest BCUT2D eigenvalue weighted by Crippen LogP contribution is 2.30. The summed E-state index contributed by atoms with van der Waals surface area (Å²) in [6, 6.07) is 1.57. The smallest absolute Gasteiger partial charge is 0.418 e. The highest BCUT2D eigenvalue weighted by Gasteiger charge is 2.35. The Hall–Kier alpha value is -2.90. The number of ether oxygens (including phenoxy) is 1. The Balaban J connectivity index is 0. The Morgan fingerprint density at radius 2 is 1.70 bits per heavy atom. The molecule has 1 atom stereocenters. The Labute approximate surface area is 195 Å². The monoisotopic (exact) mass is 471 g/mol. The number of hydrogen-bond donors (Lipinski definition) is 0. The molecule has 1 aromatic heterocycles. The molecule has 0 fully saturated rings. The molecule has 5 nitrogen and oxygen atoms in total. The topological polar surface area (TPSA) is 68.9 Å². The number of allylic oxidation sites excluding steroid dienone is 6. The number of nitrogens with zero attached hydrogens (tertiary/aromatic N) is 1. The van der Waals surface area contributed by atoms with E-state index in [2.05, 4.69) is 9.73 Å². The van der Waals surface area contributed by atoms with E-state index < -0.39 is 17.5 Å². The predicted octanol–water partition coefficient (Wildman–Crippen LogP) is 7.21. The van der Waals surface area contributed by atoms with Gasteiger partial charge in [0, 0.05) is 12.5 Å². The van der Waals surface area contributed by atoms with Crippen LogP contribution < -0.4 is 0 Å². The Kier molecular flexibility index (Phi) is 14.7. The quantitative estimate of drug-likeness (QED) is 0.182. The maximum Gasteiger partial charge on any atom is 0.418 e. The first kappa shape index (κ1) is 32.3. The minimum atomic E-state index is -4.60.